The van der Waals surface area contributed by atoms with Gasteiger partial charge in [-0.2, -0.15) is 5.10 Å². The Kier molecular flexibility index (Phi) is 4.58. The Morgan fingerprint density at radius 2 is 2.50 bits per heavy atom. The summed E-state index contributed by atoms with van der Waals surface area (Å²) in [5, 5.41) is 4.10. The van der Waals surface area contributed by atoms with Gasteiger partial charge in [0.15, 0.2) is 0 Å². The summed E-state index contributed by atoms with van der Waals surface area (Å²) in [7, 11) is 3.62. The van der Waals surface area contributed by atoms with Crippen molar-refractivity contribution in [3.63, 3.8) is 0 Å². The topological polar surface area (TPSA) is 65.1 Å². The summed E-state index contributed by atoms with van der Waals surface area (Å²) in [6, 6.07) is 2.22. The van der Waals surface area contributed by atoms with Gasteiger partial charge in [0.2, 0.25) is 0 Å². The van der Waals surface area contributed by atoms with Gasteiger partial charge in [-0.1, -0.05) is 0 Å². The van der Waals surface area contributed by atoms with Crippen molar-refractivity contribution in [3.8, 4) is 0 Å². The highest BCUT2D eigenvalue weighted by atomic mass is 16.5. The van der Waals surface area contributed by atoms with E-state index in [-0.39, 0.29) is 6.04 Å². The molecule has 0 aliphatic carbocycles. The normalized spacial score (nSPS) is 13.1. The van der Waals surface area contributed by atoms with Crippen LogP contribution in [0.25, 0.3) is 0 Å². The predicted octanol–water partition coefficient (Wildman–Crippen LogP) is -0.169. The molecule has 0 aliphatic heterocycles. The number of hydrogen-bond acceptors (Lipinski definition) is 4. The minimum Gasteiger partial charge on any atom is -0.383 e. The van der Waals surface area contributed by atoms with Gasteiger partial charge in [-0.15, -0.1) is 0 Å². The third kappa shape index (κ3) is 3.10. The van der Waals surface area contributed by atoms with E-state index in [1.807, 2.05) is 17.8 Å². The summed E-state index contributed by atoms with van der Waals surface area (Å²) in [5.74, 6) is 5.38. The van der Waals surface area contributed by atoms with Crippen molar-refractivity contribution in [2.75, 3.05) is 13.7 Å². The zero-order chi connectivity index (χ0) is 10.4. The fourth-order valence-electron chi connectivity index (χ4n) is 1.38. The number of nitrogens with two attached hydrogens (primary N) is 1. The molecule has 14 heavy (non-hydrogen) atoms. The largest absolute Gasteiger partial charge is 0.383 e. The lowest BCUT2D eigenvalue weighted by Gasteiger charge is -2.14. The van der Waals surface area contributed by atoms with E-state index >= 15 is 0 Å². The van der Waals surface area contributed by atoms with Crippen molar-refractivity contribution in [3.05, 3.63) is 18.0 Å². The number of nitrogens with zero attached hydrogens (tertiary/aromatic N) is 2. The zero-order valence-corrected chi connectivity index (χ0v) is 8.73. The molecule has 0 aromatic carbocycles. The van der Waals surface area contributed by atoms with Gasteiger partial charge in [0.05, 0.1) is 6.61 Å². The number of hydrazine groups is 1. The van der Waals surface area contributed by atoms with E-state index in [0.717, 1.165) is 12.8 Å². The lowest BCUT2D eigenvalue weighted by Crippen LogP contribution is -2.38. The molecule has 1 aromatic heterocycles. The number of methoxy groups -OCH3 is 1. The molecule has 5 heteroatoms. The first-order valence-corrected chi connectivity index (χ1v) is 4.70. The summed E-state index contributed by atoms with van der Waals surface area (Å²) < 4.78 is 6.91. The van der Waals surface area contributed by atoms with E-state index in [9.17, 15) is 0 Å². The van der Waals surface area contributed by atoms with Crippen molar-refractivity contribution < 1.29 is 4.74 Å². The summed E-state index contributed by atoms with van der Waals surface area (Å²) in [4.78, 5) is 0. The van der Waals surface area contributed by atoms with E-state index in [1.54, 1.807) is 13.3 Å². The van der Waals surface area contributed by atoms with Crippen molar-refractivity contribution in [1.29, 1.82) is 0 Å². The number of rotatable bonds is 6. The van der Waals surface area contributed by atoms with Gasteiger partial charge in [-0.3, -0.25) is 16.0 Å². The fourth-order valence-corrected chi connectivity index (χ4v) is 1.38. The molecule has 1 atom stereocenters. The molecule has 0 amide bonds. The van der Waals surface area contributed by atoms with Crippen molar-refractivity contribution in [2.24, 2.45) is 12.9 Å². The van der Waals surface area contributed by atoms with E-state index < -0.39 is 0 Å². The Morgan fingerprint density at radius 3 is 3.00 bits per heavy atom. The summed E-state index contributed by atoms with van der Waals surface area (Å²) in [6.45, 7) is 0.633. The molecule has 1 heterocycles. The third-order valence-corrected chi connectivity index (χ3v) is 2.27. The smallest absolute Gasteiger partial charge is 0.0629 e. The highest BCUT2D eigenvalue weighted by Gasteiger charge is 2.07. The average molecular weight is 198 g/mol. The van der Waals surface area contributed by atoms with Crippen LogP contribution in [0.1, 0.15) is 12.1 Å². The van der Waals surface area contributed by atoms with Crippen LogP contribution >= 0.6 is 0 Å². The Hall–Kier alpha value is -0.910. The molecule has 0 fully saturated rings. The van der Waals surface area contributed by atoms with Crippen LogP contribution in [0.3, 0.4) is 0 Å². The van der Waals surface area contributed by atoms with E-state index in [0.29, 0.717) is 6.61 Å². The van der Waals surface area contributed by atoms with Gasteiger partial charge in [0.1, 0.15) is 0 Å². The van der Waals surface area contributed by atoms with Crippen LogP contribution < -0.4 is 11.3 Å². The lowest BCUT2D eigenvalue weighted by atomic mass is 10.1. The Labute approximate surface area is 84.2 Å². The number of nitrogens with one attached hydrogen (secondary N) is 1. The highest BCUT2D eigenvalue weighted by molar-refractivity contribution is 5.00. The minimum absolute atomic E-state index is 0.204. The second-order valence-corrected chi connectivity index (χ2v) is 3.30. The van der Waals surface area contributed by atoms with Crippen molar-refractivity contribution in [1.82, 2.24) is 15.2 Å². The SMILES string of the molecule is COCC(CCc1ccnn1C)NN. The Bertz CT molecular complexity index is 261. The molecular weight excluding hydrogens is 180 g/mol. The molecule has 1 aromatic rings. The Balaban J connectivity index is 2.35. The second-order valence-electron chi connectivity index (χ2n) is 3.30. The maximum absolute atomic E-state index is 5.38. The van der Waals surface area contributed by atoms with Crippen LogP contribution in [0.2, 0.25) is 0 Å². The van der Waals surface area contributed by atoms with E-state index in [2.05, 4.69) is 10.5 Å². The summed E-state index contributed by atoms with van der Waals surface area (Å²) >= 11 is 0. The van der Waals surface area contributed by atoms with E-state index in [4.69, 9.17) is 10.6 Å². The van der Waals surface area contributed by atoms with Gasteiger partial charge in [-0.05, 0) is 18.9 Å². The molecule has 1 rings (SSSR count). The number of aryl methyl sites for hydroxylation is 2. The van der Waals surface area contributed by atoms with Crippen LogP contribution in [0, 0.1) is 0 Å². The van der Waals surface area contributed by atoms with Gasteiger partial charge in [0, 0.05) is 32.1 Å². The minimum atomic E-state index is 0.204. The molecule has 0 bridgehead atoms. The molecule has 0 saturated carbocycles. The summed E-state index contributed by atoms with van der Waals surface area (Å²) in [6.07, 6.45) is 3.70. The molecular formula is C9H18N4O. The van der Waals surface area contributed by atoms with Crippen molar-refractivity contribution in [2.45, 2.75) is 18.9 Å². The van der Waals surface area contributed by atoms with E-state index in [1.165, 1.54) is 5.69 Å². The number of ether oxygens (including phenoxy) is 1. The van der Waals surface area contributed by atoms with Crippen LogP contribution in [-0.4, -0.2) is 29.5 Å². The van der Waals surface area contributed by atoms with Gasteiger partial charge < -0.3 is 4.74 Å². The fraction of sp³-hybridized carbons (Fsp3) is 0.667. The first-order valence-electron chi connectivity index (χ1n) is 4.70. The van der Waals surface area contributed by atoms with Gasteiger partial charge >= 0.3 is 0 Å². The molecule has 1 unspecified atom stereocenters. The molecule has 0 saturated heterocycles. The molecule has 0 aliphatic rings. The zero-order valence-electron chi connectivity index (χ0n) is 8.73. The van der Waals surface area contributed by atoms with Crippen LogP contribution in [0.15, 0.2) is 12.3 Å². The average Bonchev–Trinajstić information content (AvgIpc) is 2.59. The van der Waals surface area contributed by atoms with Gasteiger partial charge in [0.25, 0.3) is 0 Å². The maximum Gasteiger partial charge on any atom is 0.0629 e. The number of aromatic nitrogens is 2. The monoisotopic (exact) mass is 198 g/mol. The molecule has 0 spiro atoms. The number of hydrogen-bond donors (Lipinski definition) is 2. The highest BCUT2D eigenvalue weighted by Crippen LogP contribution is 2.03. The van der Waals surface area contributed by atoms with Crippen LogP contribution in [0.4, 0.5) is 0 Å². The first kappa shape index (κ1) is 11.2. The van der Waals surface area contributed by atoms with Crippen molar-refractivity contribution >= 4 is 0 Å². The standard InChI is InChI=1S/C9H18N4O/c1-13-9(5-6-11-13)4-3-8(12-10)7-14-2/h5-6,8,12H,3-4,7,10H2,1-2H3. The maximum atomic E-state index is 5.38. The first-order chi connectivity index (χ1) is 6.77. The molecule has 80 valence electrons. The second kappa shape index (κ2) is 5.74. The Morgan fingerprint density at radius 1 is 1.71 bits per heavy atom. The quantitative estimate of drug-likeness (QED) is 0.492. The van der Waals surface area contributed by atoms with Crippen LogP contribution in [-0.2, 0) is 18.2 Å². The van der Waals surface area contributed by atoms with Crippen LogP contribution in [0.5, 0.6) is 0 Å². The lowest BCUT2D eigenvalue weighted by molar-refractivity contribution is 0.162. The molecule has 5 nitrogen and oxygen atoms in total. The predicted molar refractivity (Wildman–Crippen MR) is 54.5 cm³/mol. The van der Waals surface area contributed by atoms with Gasteiger partial charge in [-0.25, -0.2) is 0 Å². The third-order valence-electron chi connectivity index (χ3n) is 2.27. The summed E-state index contributed by atoms with van der Waals surface area (Å²) in [5.41, 5.74) is 3.94. The molecule has 3 N–H and O–H groups in total. The molecule has 0 radical (unpaired) electrons.